The average Bonchev–Trinajstić information content (AvgIpc) is 3.00. The summed E-state index contributed by atoms with van der Waals surface area (Å²) in [6.07, 6.45) is 1.14. The van der Waals surface area contributed by atoms with Crippen LogP contribution >= 0.6 is 11.8 Å². The summed E-state index contributed by atoms with van der Waals surface area (Å²) < 4.78 is 5.48. The van der Waals surface area contributed by atoms with Gasteiger partial charge in [-0.15, -0.1) is 0 Å². The first-order valence-electron chi connectivity index (χ1n) is 8.17. The van der Waals surface area contributed by atoms with Crippen molar-refractivity contribution in [2.24, 2.45) is 0 Å². The molecule has 4 heteroatoms. The molecule has 1 aliphatic rings. The second kappa shape index (κ2) is 6.37. The van der Waals surface area contributed by atoms with Gasteiger partial charge in [0.05, 0.1) is 5.56 Å². The van der Waals surface area contributed by atoms with E-state index in [0.29, 0.717) is 24.2 Å². The molecule has 0 saturated heterocycles. The van der Waals surface area contributed by atoms with Crippen molar-refractivity contribution in [1.29, 1.82) is 0 Å². The lowest BCUT2D eigenvalue weighted by Crippen LogP contribution is -2.07. The first-order valence-corrected chi connectivity index (χ1v) is 8.99. The zero-order valence-corrected chi connectivity index (χ0v) is 14.6. The number of hydrogen-bond donors (Lipinski definition) is 0. The van der Waals surface area contributed by atoms with E-state index < -0.39 is 5.97 Å². The Labute approximate surface area is 150 Å². The Hall–Kier alpha value is -2.59. The summed E-state index contributed by atoms with van der Waals surface area (Å²) in [5.41, 5.74) is 1.57. The second-order valence-electron chi connectivity index (χ2n) is 5.99. The van der Waals surface area contributed by atoms with Crippen molar-refractivity contribution in [3.8, 4) is 5.75 Å². The van der Waals surface area contributed by atoms with Gasteiger partial charge in [-0.25, -0.2) is 0 Å². The molecule has 3 aromatic carbocycles. The normalized spacial score (nSPS) is 13.1. The Morgan fingerprint density at radius 2 is 1.64 bits per heavy atom. The summed E-state index contributed by atoms with van der Waals surface area (Å²) in [5.74, 6) is 0.0560. The molecule has 0 aromatic heterocycles. The van der Waals surface area contributed by atoms with Gasteiger partial charge in [-0.1, -0.05) is 54.2 Å². The number of hydrogen-bond acceptors (Lipinski definition) is 4. The fraction of sp³-hybridized carbons (Fsp3) is 0.143. The molecule has 4 rings (SSSR count). The lowest BCUT2D eigenvalue weighted by molar-refractivity contribution is -0.131. The Kier molecular flexibility index (Phi) is 4.06. The van der Waals surface area contributed by atoms with Crippen LogP contribution in [-0.2, 0) is 11.2 Å². The van der Waals surface area contributed by atoms with Crippen LogP contribution in [-0.4, -0.2) is 11.8 Å². The van der Waals surface area contributed by atoms with Crippen molar-refractivity contribution in [1.82, 2.24) is 0 Å². The van der Waals surface area contributed by atoms with Crippen LogP contribution in [0.25, 0.3) is 10.8 Å². The molecule has 0 bridgehead atoms. The zero-order chi connectivity index (χ0) is 17.4. The molecule has 0 amide bonds. The van der Waals surface area contributed by atoms with Crippen LogP contribution < -0.4 is 4.74 Å². The summed E-state index contributed by atoms with van der Waals surface area (Å²) >= 11 is 1.66. The number of fused-ring (bicyclic) bond motifs is 2. The van der Waals surface area contributed by atoms with E-state index in [4.69, 9.17) is 4.74 Å². The van der Waals surface area contributed by atoms with Gasteiger partial charge in [0.25, 0.3) is 0 Å². The maximum absolute atomic E-state index is 12.5. The lowest BCUT2D eigenvalue weighted by Gasteiger charge is -2.16. The van der Waals surface area contributed by atoms with E-state index in [1.165, 1.54) is 6.92 Å². The number of esters is 1. The Balaban J connectivity index is 2.00. The number of ether oxygens (including phenoxy) is 1. The van der Waals surface area contributed by atoms with Gasteiger partial charge < -0.3 is 4.74 Å². The number of carbonyl (C=O) groups is 2. The highest BCUT2D eigenvalue weighted by molar-refractivity contribution is 7.99. The van der Waals surface area contributed by atoms with Crippen LogP contribution in [0.1, 0.15) is 29.3 Å². The molecule has 0 aliphatic heterocycles. The van der Waals surface area contributed by atoms with Crippen LogP contribution in [0.4, 0.5) is 0 Å². The summed E-state index contributed by atoms with van der Waals surface area (Å²) in [5, 5.41) is 1.83. The Morgan fingerprint density at radius 3 is 2.36 bits per heavy atom. The van der Waals surface area contributed by atoms with E-state index in [0.717, 1.165) is 26.1 Å². The maximum Gasteiger partial charge on any atom is 0.308 e. The Morgan fingerprint density at radius 1 is 0.960 bits per heavy atom. The van der Waals surface area contributed by atoms with Gasteiger partial charge in [0.15, 0.2) is 5.78 Å². The summed E-state index contributed by atoms with van der Waals surface area (Å²) in [6, 6.07) is 17.9. The molecule has 3 aromatic rings. The first kappa shape index (κ1) is 15.9. The fourth-order valence-corrected chi connectivity index (χ4v) is 4.44. The standard InChI is InChI=1S/C21H16O3S/c1-13(22)24-20-15-9-5-6-10-16(15)21(17-11-12-18(23)19(17)20)25-14-7-3-2-4-8-14/h2-10H,11-12H2,1H3. The lowest BCUT2D eigenvalue weighted by atomic mass is 10.0. The maximum atomic E-state index is 12.5. The van der Waals surface area contributed by atoms with Crippen LogP contribution in [0.15, 0.2) is 64.4 Å². The van der Waals surface area contributed by atoms with Crippen molar-refractivity contribution in [3.63, 3.8) is 0 Å². The number of rotatable bonds is 3. The van der Waals surface area contributed by atoms with Gasteiger partial charge in [-0.3, -0.25) is 9.59 Å². The van der Waals surface area contributed by atoms with Crippen molar-refractivity contribution >= 4 is 34.3 Å². The van der Waals surface area contributed by atoms with E-state index in [1.807, 2.05) is 42.5 Å². The quantitative estimate of drug-likeness (QED) is 0.491. The van der Waals surface area contributed by atoms with E-state index >= 15 is 0 Å². The minimum Gasteiger partial charge on any atom is -0.425 e. The largest absolute Gasteiger partial charge is 0.425 e. The molecule has 0 heterocycles. The van der Waals surface area contributed by atoms with E-state index in [1.54, 1.807) is 11.8 Å². The van der Waals surface area contributed by atoms with Gasteiger partial charge in [0.1, 0.15) is 5.75 Å². The van der Waals surface area contributed by atoms with Gasteiger partial charge >= 0.3 is 5.97 Å². The molecule has 0 atom stereocenters. The molecule has 1 aliphatic carbocycles. The molecule has 0 unspecified atom stereocenters. The van der Waals surface area contributed by atoms with E-state index in [-0.39, 0.29) is 5.78 Å². The molecule has 3 nitrogen and oxygen atoms in total. The van der Waals surface area contributed by atoms with Crippen LogP contribution in [0.5, 0.6) is 5.75 Å². The molecule has 0 saturated carbocycles. The molecular weight excluding hydrogens is 332 g/mol. The third kappa shape index (κ3) is 2.83. The fourth-order valence-electron chi connectivity index (χ4n) is 3.30. The summed E-state index contributed by atoms with van der Waals surface area (Å²) in [4.78, 5) is 26.3. The topological polar surface area (TPSA) is 43.4 Å². The predicted molar refractivity (Wildman–Crippen MR) is 98.5 cm³/mol. The number of ketones is 1. The number of carbonyl (C=O) groups excluding carboxylic acids is 2. The minimum atomic E-state index is -0.407. The molecule has 0 fully saturated rings. The van der Waals surface area contributed by atoms with E-state index in [9.17, 15) is 9.59 Å². The third-order valence-electron chi connectivity index (χ3n) is 4.31. The molecule has 25 heavy (non-hydrogen) atoms. The van der Waals surface area contributed by atoms with Crippen molar-refractivity contribution in [2.45, 2.75) is 29.6 Å². The monoisotopic (exact) mass is 348 g/mol. The van der Waals surface area contributed by atoms with Crippen molar-refractivity contribution < 1.29 is 14.3 Å². The average molecular weight is 348 g/mol. The highest BCUT2D eigenvalue weighted by atomic mass is 32.2. The molecule has 0 radical (unpaired) electrons. The third-order valence-corrected chi connectivity index (χ3v) is 5.49. The summed E-state index contributed by atoms with van der Waals surface area (Å²) in [7, 11) is 0. The molecule has 0 spiro atoms. The van der Waals surface area contributed by atoms with Gasteiger partial charge in [-0.2, -0.15) is 0 Å². The smallest absolute Gasteiger partial charge is 0.308 e. The van der Waals surface area contributed by atoms with Crippen LogP contribution in [0.3, 0.4) is 0 Å². The number of Topliss-reactive ketones (excluding diaryl/α,β-unsaturated/α-hetero) is 1. The first-order chi connectivity index (χ1) is 12.1. The molecule has 124 valence electrons. The van der Waals surface area contributed by atoms with Gasteiger partial charge in [0, 0.05) is 28.5 Å². The molecular formula is C21H16O3S. The van der Waals surface area contributed by atoms with Crippen molar-refractivity contribution in [2.75, 3.05) is 0 Å². The van der Waals surface area contributed by atoms with Crippen molar-refractivity contribution in [3.05, 3.63) is 65.7 Å². The van der Waals surface area contributed by atoms with Gasteiger partial charge in [0.2, 0.25) is 0 Å². The van der Waals surface area contributed by atoms with Gasteiger partial charge in [-0.05, 0) is 29.5 Å². The van der Waals surface area contributed by atoms with Crippen LogP contribution in [0.2, 0.25) is 0 Å². The van der Waals surface area contributed by atoms with E-state index in [2.05, 4.69) is 12.1 Å². The number of benzene rings is 3. The SMILES string of the molecule is CC(=O)Oc1c2c(c(Sc3ccccc3)c3ccccc13)CCC2=O. The Bertz CT molecular complexity index is 993. The highest BCUT2D eigenvalue weighted by Crippen LogP contribution is 2.46. The second-order valence-corrected chi connectivity index (χ2v) is 7.07. The molecule has 0 N–H and O–H groups in total. The minimum absolute atomic E-state index is 0.0481. The predicted octanol–water partition coefficient (Wildman–Crippen LogP) is 5.05. The van der Waals surface area contributed by atoms with Crippen LogP contribution in [0, 0.1) is 0 Å². The zero-order valence-electron chi connectivity index (χ0n) is 13.7. The highest BCUT2D eigenvalue weighted by Gasteiger charge is 2.30. The summed E-state index contributed by atoms with van der Waals surface area (Å²) in [6.45, 7) is 1.37.